The number of imide groups is 1. The van der Waals surface area contributed by atoms with Crippen molar-refractivity contribution in [3.63, 3.8) is 0 Å². The second-order valence-electron chi connectivity index (χ2n) is 8.97. The molecule has 8 nitrogen and oxygen atoms in total. The molecule has 1 aliphatic carbocycles. The maximum absolute atomic E-state index is 13.2. The van der Waals surface area contributed by atoms with Crippen LogP contribution in [0.1, 0.15) is 44.9 Å². The van der Waals surface area contributed by atoms with Crippen LogP contribution < -0.4 is 5.32 Å². The molecule has 3 unspecified atom stereocenters. The Kier molecular flexibility index (Phi) is 7.45. The third-order valence-electron chi connectivity index (χ3n) is 6.91. The van der Waals surface area contributed by atoms with Crippen LogP contribution in [0.15, 0.2) is 29.2 Å². The fraction of sp³-hybridized carbons (Fsp3) is 0.609. The normalized spacial score (nSPS) is 24.7. The van der Waals surface area contributed by atoms with Crippen molar-refractivity contribution in [2.24, 2.45) is 11.8 Å². The molecule has 1 saturated carbocycles. The largest absolute Gasteiger partial charge is 0.324 e. The summed E-state index contributed by atoms with van der Waals surface area (Å²) in [6, 6.07) is 5.22. The monoisotopic (exact) mass is 493 g/mol. The molecule has 0 aromatic heterocycles. The van der Waals surface area contributed by atoms with Gasteiger partial charge in [0.15, 0.2) is 0 Å². The molecule has 4 rings (SSSR count). The van der Waals surface area contributed by atoms with Gasteiger partial charge in [-0.25, -0.2) is 8.42 Å². The van der Waals surface area contributed by atoms with Crippen molar-refractivity contribution in [3.05, 3.63) is 24.3 Å². The number of carbonyl (C=O) groups is 3. The second-order valence-corrected chi connectivity index (χ2v) is 11.9. The van der Waals surface area contributed by atoms with Crippen molar-refractivity contribution in [3.8, 4) is 0 Å². The number of fused-ring (bicyclic) bond motifs is 1. The smallest absolute Gasteiger partial charge is 0.247 e. The summed E-state index contributed by atoms with van der Waals surface area (Å²) >= 11 is 1.56. The first-order valence-corrected chi connectivity index (χ1v) is 14.4. The van der Waals surface area contributed by atoms with Crippen molar-refractivity contribution in [1.29, 1.82) is 0 Å². The minimum absolute atomic E-state index is 0.190. The number of hydrogen-bond acceptors (Lipinski definition) is 6. The topological polar surface area (TPSA) is 104 Å². The lowest BCUT2D eigenvalue weighted by Gasteiger charge is -2.26. The standard InChI is InChI=1S/C23H31N3O5S2/c1-32-15-12-20(26-22(28)18-6-2-3-7-19(18)23(26)29)21(27)24-16-8-10-17(11-9-16)33(30,31)25-13-4-5-14-25/h8-11,18-20H,2-7,12-15H2,1H3,(H,24,27). The quantitative estimate of drug-likeness (QED) is 0.559. The number of carbonyl (C=O) groups excluding carboxylic acids is 3. The van der Waals surface area contributed by atoms with Gasteiger partial charge in [0, 0.05) is 18.8 Å². The number of anilines is 1. The molecule has 2 saturated heterocycles. The van der Waals surface area contributed by atoms with Gasteiger partial charge >= 0.3 is 0 Å². The number of thioether (sulfide) groups is 1. The van der Waals surface area contributed by atoms with E-state index >= 15 is 0 Å². The summed E-state index contributed by atoms with van der Waals surface area (Å²) in [6.07, 6.45) is 7.30. The number of likely N-dealkylation sites (tertiary alicyclic amines) is 1. The molecule has 10 heteroatoms. The van der Waals surface area contributed by atoms with Gasteiger partial charge in [0.05, 0.1) is 16.7 Å². The molecule has 0 spiro atoms. The van der Waals surface area contributed by atoms with Crippen LogP contribution in [0, 0.1) is 11.8 Å². The first kappa shape index (κ1) is 24.2. The number of rotatable bonds is 8. The highest BCUT2D eigenvalue weighted by molar-refractivity contribution is 7.98. The summed E-state index contributed by atoms with van der Waals surface area (Å²) in [5.41, 5.74) is 0.436. The highest BCUT2D eigenvalue weighted by Crippen LogP contribution is 2.39. The van der Waals surface area contributed by atoms with Crippen LogP contribution in [-0.2, 0) is 24.4 Å². The molecule has 3 atom stereocenters. The molecular weight excluding hydrogens is 462 g/mol. The third-order valence-corrected chi connectivity index (χ3v) is 9.47. The first-order chi connectivity index (χ1) is 15.8. The minimum atomic E-state index is -3.53. The van der Waals surface area contributed by atoms with E-state index in [1.165, 1.54) is 21.3 Å². The predicted octanol–water partition coefficient (Wildman–Crippen LogP) is 2.71. The van der Waals surface area contributed by atoms with Crippen LogP contribution in [-0.4, -0.2) is 66.5 Å². The SMILES string of the molecule is CSCCC(C(=O)Nc1ccc(S(=O)(=O)N2CCCC2)cc1)N1C(=O)C2CCCCC2C1=O. The van der Waals surface area contributed by atoms with E-state index in [1.54, 1.807) is 23.9 Å². The average Bonchev–Trinajstić information content (AvgIpc) is 3.44. The van der Waals surface area contributed by atoms with Crippen molar-refractivity contribution in [2.75, 3.05) is 30.4 Å². The summed E-state index contributed by atoms with van der Waals surface area (Å²) in [5, 5.41) is 2.80. The zero-order valence-corrected chi connectivity index (χ0v) is 20.5. The van der Waals surface area contributed by atoms with Gasteiger partial charge in [-0.2, -0.15) is 16.1 Å². The number of benzene rings is 1. The Morgan fingerprint density at radius 2 is 1.61 bits per heavy atom. The maximum atomic E-state index is 13.2. The minimum Gasteiger partial charge on any atom is -0.324 e. The van der Waals surface area contributed by atoms with E-state index in [-0.39, 0.29) is 28.5 Å². The van der Waals surface area contributed by atoms with E-state index in [1.807, 2.05) is 6.26 Å². The van der Waals surface area contributed by atoms with Crippen LogP contribution in [0.3, 0.4) is 0 Å². The summed E-state index contributed by atoms with van der Waals surface area (Å²) in [7, 11) is -3.53. The molecule has 2 aliphatic heterocycles. The summed E-state index contributed by atoms with van der Waals surface area (Å²) in [5.74, 6) is -0.829. The van der Waals surface area contributed by atoms with Gasteiger partial charge in [-0.05, 0) is 68.4 Å². The van der Waals surface area contributed by atoms with Crippen LogP contribution in [0.5, 0.6) is 0 Å². The van der Waals surface area contributed by atoms with Gasteiger partial charge in [0.1, 0.15) is 6.04 Å². The molecule has 180 valence electrons. The highest BCUT2D eigenvalue weighted by Gasteiger charge is 2.51. The Balaban J connectivity index is 1.49. The number of sulfonamides is 1. The average molecular weight is 494 g/mol. The van der Waals surface area contributed by atoms with Gasteiger partial charge in [-0.3, -0.25) is 19.3 Å². The molecule has 1 aromatic rings. The van der Waals surface area contributed by atoms with Gasteiger partial charge in [0.25, 0.3) is 0 Å². The van der Waals surface area contributed by atoms with Crippen LogP contribution >= 0.6 is 11.8 Å². The summed E-state index contributed by atoms with van der Waals surface area (Å²) in [6.45, 7) is 1.05. The maximum Gasteiger partial charge on any atom is 0.247 e. The lowest BCUT2D eigenvalue weighted by Crippen LogP contribution is -2.48. The molecule has 3 amide bonds. The molecule has 33 heavy (non-hydrogen) atoms. The number of hydrogen-bond donors (Lipinski definition) is 1. The Morgan fingerprint density at radius 1 is 1.03 bits per heavy atom. The Bertz CT molecular complexity index is 981. The highest BCUT2D eigenvalue weighted by atomic mass is 32.2. The molecule has 0 radical (unpaired) electrons. The zero-order valence-electron chi connectivity index (χ0n) is 18.9. The van der Waals surface area contributed by atoms with E-state index < -0.39 is 22.0 Å². The molecule has 1 aromatic carbocycles. The molecule has 1 N–H and O–H groups in total. The van der Waals surface area contributed by atoms with Gasteiger partial charge < -0.3 is 5.32 Å². The summed E-state index contributed by atoms with van der Waals surface area (Å²) in [4.78, 5) is 40.7. The van der Waals surface area contributed by atoms with E-state index in [0.29, 0.717) is 43.8 Å². The molecule has 3 fully saturated rings. The van der Waals surface area contributed by atoms with Gasteiger partial charge in [-0.15, -0.1) is 0 Å². The van der Waals surface area contributed by atoms with Crippen LogP contribution in [0.25, 0.3) is 0 Å². The van der Waals surface area contributed by atoms with E-state index in [4.69, 9.17) is 0 Å². The molecular formula is C23H31N3O5S2. The number of nitrogens with one attached hydrogen (secondary N) is 1. The second kappa shape index (κ2) is 10.1. The fourth-order valence-corrected chi connectivity index (χ4v) is 7.09. The van der Waals surface area contributed by atoms with Gasteiger partial charge in [-0.1, -0.05) is 12.8 Å². The van der Waals surface area contributed by atoms with Crippen LogP contribution in [0.2, 0.25) is 0 Å². The summed E-state index contributed by atoms with van der Waals surface area (Å²) < 4.78 is 26.9. The first-order valence-electron chi connectivity index (χ1n) is 11.6. The Labute approximate surface area is 199 Å². The van der Waals surface area contributed by atoms with E-state index in [2.05, 4.69) is 5.32 Å². The molecule has 0 bridgehead atoms. The Hall–Kier alpha value is -1.91. The number of amides is 3. The van der Waals surface area contributed by atoms with Gasteiger partial charge in [0.2, 0.25) is 27.7 Å². The van der Waals surface area contributed by atoms with E-state index in [0.717, 1.165) is 25.7 Å². The lowest BCUT2D eigenvalue weighted by molar-refractivity contribution is -0.146. The van der Waals surface area contributed by atoms with Crippen LogP contribution in [0.4, 0.5) is 5.69 Å². The zero-order chi connectivity index (χ0) is 23.6. The molecule has 3 aliphatic rings. The Morgan fingerprint density at radius 3 is 2.15 bits per heavy atom. The predicted molar refractivity (Wildman–Crippen MR) is 127 cm³/mol. The van der Waals surface area contributed by atoms with Crippen molar-refractivity contribution < 1.29 is 22.8 Å². The number of nitrogens with zero attached hydrogens (tertiary/aromatic N) is 2. The van der Waals surface area contributed by atoms with Crippen molar-refractivity contribution in [1.82, 2.24) is 9.21 Å². The third kappa shape index (κ3) is 4.83. The van der Waals surface area contributed by atoms with E-state index in [9.17, 15) is 22.8 Å². The molecule has 2 heterocycles. The lowest BCUT2D eigenvalue weighted by atomic mass is 9.81. The van der Waals surface area contributed by atoms with Crippen molar-refractivity contribution in [2.45, 2.75) is 55.9 Å². The van der Waals surface area contributed by atoms with Crippen molar-refractivity contribution >= 4 is 45.2 Å². The fourth-order valence-electron chi connectivity index (χ4n) is 5.12.